The number of ether oxygens (including phenoxy) is 1. The average molecular weight is 340 g/mol. The lowest BCUT2D eigenvalue weighted by molar-refractivity contribution is 0.416. The monoisotopic (exact) mass is 340 g/mol. The van der Waals surface area contributed by atoms with Gasteiger partial charge in [0.2, 0.25) is 0 Å². The Labute approximate surface area is 149 Å². The number of aromatic nitrogens is 2. The van der Waals surface area contributed by atoms with E-state index in [0.29, 0.717) is 17.6 Å². The van der Waals surface area contributed by atoms with Crippen LogP contribution >= 0.6 is 0 Å². The van der Waals surface area contributed by atoms with Gasteiger partial charge in [0.25, 0.3) is 0 Å². The van der Waals surface area contributed by atoms with Crippen LogP contribution < -0.4 is 10.2 Å². The van der Waals surface area contributed by atoms with E-state index in [0.717, 1.165) is 32.9 Å². The van der Waals surface area contributed by atoms with Crippen LogP contribution in [0.25, 0.3) is 27.2 Å². The van der Waals surface area contributed by atoms with E-state index in [4.69, 9.17) is 4.74 Å². The van der Waals surface area contributed by atoms with E-state index in [-0.39, 0.29) is 5.43 Å². The lowest BCUT2D eigenvalue weighted by Gasteiger charge is -2.08. The highest BCUT2D eigenvalue weighted by atomic mass is 16.5. The summed E-state index contributed by atoms with van der Waals surface area (Å²) in [6, 6.07) is 15.9. The number of para-hydroxylation sites is 1. The van der Waals surface area contributed by atoms with Gasteiger partial charge in [-0.2, -0.15) is 0 Å². The highest BCUT2D eigenvalue weighted by Crippen LogP contribution is 2.34. The van der Waals surface area contributed by atoms with Crippen molar-refractivity contribution >= 4 is 27.2 Å². The normalized spacial score (nSPS) is 11.6. The number of hydrogen-bond donors (Lipinski definition) is 0. The van der Waals surface area contributed by atoms with Crippen molar-refractivity contribution in [1.82, 2.24) is 9.38 Å². The van der Waals surface area contributed by atoms with Gasteiger partial charge in [0.15, 0.2) is 5.43 Å². The summed E-state index contributed by atoms with van der Waals surface area (Å²) in [5, 5.41) is 2.85. The topological polar surface area (TPSA) is 43.6 Å². The minimum Gasteiger partial charge on any atom is -0.497 e. The van der Waals surface area contributed by atoms with Gasteiger partial charge in [-0.3, -0.25) is 9.78 Å². The fourth-order valence-electron chi connectivity index (χ4n) is 3.77. The Balaban J connectivity index is 1.90. The second-order valence-corrected chi connectivity index (χ2v) is 6.48. The molecule has 126 valence electrons. The molecule has 3 heterocycles. The van der Waals surface area contributed by atoms with E-state index in [1.807, 2.05) is 42.6 Å². The van der Waals surface area contributed by atoms with Crippen molar-refractivity contribution in [2.45, 2.75) is 6.42 Å². The van der Waals surface area contributed by atoms with Crippen LogP contribution in [0.4, 0.5) is 0 Å². The molecule has 0 aliphatic heterocycles. The van der Waals surface area contributed by atoms with E-state index in [9.17, 15) is 4.79 Å². The summed E-state index contributed by atoms with van der Waals surface area (Å²) in [6.45, 7) is 0. The molecule has 0 fully saturated rings. The van der Waals surface area contributed by atoms with Gasteiger partial charge in [-0.25, -0.2) is 0 Å². The van der Waals surface area contributed by atoms with E-state index in [2.05, 4.69) is 21.5 Å². The highest BCUT2D eigenvalue weighted by Gasteiger charge is 2.17. The van der Waals surface area contributed by atoms with Crippen molar-refractivity contribution in [3.63, 3.8) is 0 Å². The molecule has 5 rings (SSSR count). The van der Waals surface area contributed by atoms with Crippen LogP contribution in [0.5, 0.6) is 5.75 Å². The largest absolute Gasteiger partial charge is 0.497 e. The molecule has 0 amide bonds. The Hall–Kier alpha value is -3.40. The first-order valence-corrected chi connectivity index (χ1v) is 8.51. The van der Waals surface area contributed by atoms with Gasteiger partial charge >= 0.3 is 0 Å². The van der Waals surface area contributed by atoms with Crippen LogP contribution in [-0.4, -0.2) is 16.5 Å². The summed E-state index contributed by atoms with van der Waals surface area (Å²) in [4.78, 5) is 17.4. The van der Waals surface area contributed by atoms with E-state index in [1.54, 1.807) is 19.5 Å². The molecular formula is C22H16N2O2. The molecule has 0 saturated carbocycles. The maximum Gasteiger partial charge on any atom is 0.193 e. The molecule has 26 heavy (non-hydrogen) atoms. The SMILES string of the molecule is COc1cc2c(=O)c(Cc3cccnc3)cn3c4ccccc4c(c1)c23. The summed E-state index contributed by atoms with van der Waals surface area (Å²) < 4.78 is 7.59. The predicted octanol–water partition coefficient (Wildman–Crippen LogP) is 4.04. The van der Waals surface area contributed by atoms with Crippen LogP contribution in [0, 0.1) is 0 Å². The smallest absolute Gasteiger partial charge is 0.193 e. The van der Waals surface area contributed by atoms with Crippen molar-refractivity contribution < 1.29 is 4.74 Å². The molecule has 4 heteroatoms. The van der Waals surface area contributed by atoms with Crippen LogP contribution in [0.2, 0.25) is 0 Å². The van der Waals surface area contributed by atoms with Crippen molar-refractivity contribution in [2.24, 2.45) is 0 Å². The van der Waals surface area contributed by atoms with Crippen molar-refractivity contribution in [3.05, 3.63) is 88.5 Å². The maximum absolute atomic E-state index is 13.2. The highest BCUT2D eigenvalue weighted by molar-refractivity contribution is 6.14. The fourth-order valence-corrected chi connectivity index (χ4v) is 3.77. The number of nitrogens with zero attached hydrogens (tertiary/aromatic N) is 2. The van der Waals surface area contributed by atoms with Gasteiger partial charge in [-0.1, -0.05) is 24.3 Å². The number of fused-ring (bicyclic) bond motifs is 3. The number of hydrogen-bond acceptors (Lipinski definition) is 3. The lowest BCUT2D eigenvalue weighted by atomic mass is 10.0. The average Bonchev–Trinajstić information content (AvgIpc) is 3.01. The maximum atomic E-state index is 13.2. The van der Waals surface area contributed by atoms with Gasteiger partial charge in [-0.05, 0) is 29.8 Å². The summed E-state index contributed by atoms with van der Waals surface area (Å²) in [5.41, 5.74) is 3.86. The van der Waals surface area contributed by atoms with Gasteiger partial charge in [0, 0.05) is 41.3 Å². The first-order chi connectivity index (χ1) is 12.8. The molecule has 0 atom stereocenters. The first kappa shape index (κ1) is 14.9. The number of pyridine rings is 2. The van der Waals surface area contributed by atoms with E-state index < -0.39 is 0 Å². The van der Waals surface area contributed by atoms with Crippen LogP contribution in [0.3, 0.4) is 0 Å². The predicted molar refractivity (Wildman–Crippen MR) is 103 cm³/mol. The molecule has 0 radical (unpaired) electrons. The Bertz CT molecular complexity index is 1310. The Kier molecular flexibility index (Phi) is 3.19. The fraction of sp³-hybridized carbons (Fsp3) is 0.0909. The third-order valence-corrected chi connectivity index (χ3v) is 4.95. The quantitative estimate of drug-likeness (QED) is 0.498. The van der Waals surface area contributed by atoms with Gasteiger partial charge < -0.3 is 9.14 Å². The van der Waals surface area contributed by atoms with E-state index in [1.165, 1.54) is 0 Å². The molecule has 5 aromatic rings. The Morgan fingerprint density at radius 3 is 2.69 bits per heavy atom. The molecular weight excluding hydrogens is 324 g/mol. The van der Waals surface area contributed by atoms with Crippen molar-refractivity contribution in [3.8, 4) is 5.75 Å². The van der Waals surface area contributed by atoms with Gasteiger partial charge in [-0.15, -0.1) is 0 Å². The zero-order valence-corrected chi connectivity index (χ0v) is 14.3. The standard InChI is InChI=1S/C22H16N2O2/c1-26-16-10-18-17-6-2-3-7-20(17)24-13-15(9-14-5-4-8-23-12-14)22(25)19(11-16)21(18)24/h2-8,10-13H,9H2,1H3. The molecule has 2 aromatic carbocycles. The molecule has 0 aliphatic carbocycles. The molecule has 0 saturated heterocycles. The van der Waals surface area contributed by atoms with Crippen LogP contribution in [0.15, 0.2) is 71.9 Å². The molecule has 0 bridgehead atoms. The Morgan fingerprint density at radius 2 is 1.88 bits per heavy atom. The summed E-state index contributed by atoms with van der Waals surface area (Å²) in [6.07, 6.45) is 6.07. The summed E-state index contributed by atoms with van der Waals surface area (Å²) >= 11 is 0. The molecule has 0 N–H and O–H groups in total. The first-order valence-electron chi connectivity index (χ1n) is 8.51. The van der Waals surface area contributed by atoms with Gasteiger partial charge in [0.1, 0.15) is 5.75 Å². The van der Waals surface area contributed by atoms with Crippen molar-refractivity contribution in [1.29, 1.82) is 0 Å². The zero-order valence-electron chi connectivity index (χ0n) is 14.3. The Morgan fingerprint density at radius 1 is 1.04 bits per heavy atom. The van der Waals surface area contributed by atoms with E-state index >= 15 is 0 Å². The third-order valence-electron chi connectivity index (χ3n) is 4.95. The molecule has 4 nitrogen and oxygen atoms in total. The molecule has 3 aromatic heterocycles. The van der Waals surface area contributed by atoms with Crippen LogP contribution in [0.1, 0.15) is 11.1 Å². The second-order valence-electron chi connectivity index (χ2n) is 6.48. The van der Waals surface area contributed by atoms with Gasteiger partial charge in [0.05, 0.1) is 23.5 Å². The zero-order chi connectivity index (χ0) is 17.7. The van der Waals surface area contributed by atoms with Crippen LogP contribution in [-0.2, 0) is 6.42 Å². The summed E-state index contributed by atoms with van der Waals surface area (Å²) in [5.74, 6) is 0.700. The number of methoxy groups -OCH3 is 1. The number of rotatable bonds is 3. The lowest BCUT2D eigenvalue weighted by Crippen LogP contribution is -2.12. The molecule has 0 aliphatic rings. The minimum absolute atomic E-state index is 0.0491. The molecule has 0 unspecified atom stereocenters. The molecule has 0 spiro atoms. The third kappa shape index (κ3) is 2.09. The minimum atomic E-state index is 0.0491. The second kappa shape index (κ2) is 5.56. The van der Waals surface area contributed by atoms with Crippen molar-refractivity contribution in [2.75, 3.05) is 7.11 Å². The number of benzene rings is 2. The summed E-state index contributed by atoms with van der Waals surface area (Å²) in [7, 11) is 1.63.